The van der Waals surface area contributed by atoms with Gasteiger partial charge in [0.05, 0.1) is 5.69 Å². The summed E-state index contributed by atoms with van der Waals surface area (Å²) in [4.78, 5) is -4.84. The van der Waals surface area contributed by atoms with Gasteiger partial charge in [-0.1, -0.05) is 0 Å². The van der Waals surface area contributed by atoms with Crippen molar-refractivity contribution in [2.75, 3.05) is 5.73 Å². The van der Waals surface area contributed by atoms with E-state index in [1.807, 2.05) is 0 Å². The largest absolute Gasteiger partial charge is 0.433 e. The second-order valence-corrected chi connectivity index (χ2v) is 6.21. The van der Waals surface area contributed by atoms with Gasteiger partial charge in [0, 0.05) is 14.5 Å². The number of halogens is 9. The Morgan fingerprint density at radius 3 is 1.53 bits per heavy atom. The molecule has 0 saturated heterocycles. The van der Waals surface area contributed by atoms with Crippen LogP contribution in [-0.2, 0) is 5.67 Å². The van der Waals surface area contributed by atoms with Gasteiger partial charge in [0.25, 0.3) is 0 Å². The van der Waals surface area contributed by atoms with E-state index < -0.39 is 22.2 Å². The molecule has 0 aliphatic heterocycles. The fourth-order valence-electron chi connectivity index (χ4n) is 1.27. The van der Waals surface area contributed by atoms with Crippen LogP contribution in [0.5, 0.6) is 0 Å². The Morgan fingerprint density at radius 2 is 1.26 bits per heavy atom. The van der Waals surface area contributed by atoms with Crippen molar-refractivity contribution < 1.29 is 26.3 Å². The van der Waals surface area contributed by atoms with Gasteiger partial charge in [-0.05, 0) is 59.9 Å². The average Bonchev–Trinajstić information content (AvgIpc) is 2.20. The lowest BCUT2D eigenvalue weighted by Gasteiger charge is -2.32. The zero-order valence-electron chi connectivity index (χ0n) is 8.63. The van der Waals surface area contributed by atoms with Crippen LogP contribution in [0.2, 0.25) is 0 Å². The molecule has 2 N–H and O–H groups in total. The lowest BCUT2D eigenvalue weighted by Crippen LogP contribution is -2.49. The highest BCUT2D eigenvalue weighted by atomic mass is 79.9. The van der Waals surface area contributed by atoms with Gasteiger partial charge in [0.15, 0.2) is 0 Å². The van der Waals surface area contributed by atoms with Crippen LogP contribution in [0.15, 0.2) is 21.1 Å². The van der Waals surface area contributed by atoms with Crippen molar-refractivity contribution in [2.45, 2.75) is 16.7 Å². The van der Waals surface area contributed by atoms with Crippen LogP contribution >= 0.6 is 47.8 Å². The van der Waals surface area contributed by atoms with Crippen LogP contribution in [0, 0.1) is 0 Å². The van der Waals surface area contributed by atoms with Gasteiger partial charge >= 0.3 is 16.7 Å². The predicted molar refractivity (Wildman–Crippen MR) is 69.0 cm³/mol. The summed E-state index contributed by atoms with van der Waals surface area (Å²) in [5.41, 5.74) is -0.793. The topological polar surface area (TPSA) is 26.0 Å². The Morgan fingerprint density at radius 1 is 0.895 bits per heavy atom. The van der Waals surface area contributed by atoms with E-state index >= 15 is 0 Å². The summed E-state index contributed by atoms with van der Waals surface area (Å²) in [6.45, 7) is 0. The SMILES string of the molecule is Nc1c(Br)cc(C(F)(C(F)(F)F)C(F)(F)Br)cc1Br. The molecule has 0 fully saturated rings. The van der Waals surface area contributed by atoms with E-state index in [2.05, 4.69) is 31.9 Å². The number of hydrogen-bond donors (Lipinski definition) is 1. The van der Waals surface area contributed by atoms with Crippen LogP contribution in [0.25, 0.3) is 0 Å². The summed E-state index contributed by atoms with van der Waals surface area (Å²) in [7, 11) is 0. The third-order valence-electron chi connectivity index (χ3n) is 2.26. The summed E-state index contributed by atoms with van der Waals surface area (Å²) in [5, 5.41) is 0. The molecule has 0 spiro atoms. The van der Waals surface area contributed by atoms with Crippen molar-refractivity contribution in [3.63, 3.8) is 0 Å². The lowest BCUT2D eigenvalue weighted by molar-refractivity contribution is -0.282. The standard InChI is InChI=1S/C9H4Br3F6N/c10-4-1-3(2-5(11)6(4)19)7(13,8(12,14)15)9(16,17)18/h1-2H,19H2. The maximum Gasteiger partial charge on any atom is 0.433 e. The van der Waals surface area contributed by atoms with Gasteiger partial charge in [-0.2, -0.15) is 22.0 Å². The molecule has 19 heavy (non-hydrogen) atoms. The molecule has 1 rings (SSSR count). The Labute approximate surface area is 128 Å². The molecule has 0 aromatic heterocycles. The molecule has 1 nitrogen and oxygen atoms in total. The molecule has 108 valence electrons. The third-order valence-corrected chi connectivity index (χ3v) is 4.12. The highest BCUT2D eigenvalue weighted by Crippen LogP contribution is 2.56. The molecule has 0 radical (unpaired) electrons. The maximum atomic E-state index is 14.0. The normalized spacial score (nSPS) is 16.3. The smallest absolute Gasteiger partial charge is 0.397 e. The maximum absolute atomic E-state index is 14.0. The van der Waals surface area contributed by atoms with Gasteiger partial charge in [-0.25, -0.2) is 4.39 Å². The van der Waals surface area contributed by atoms with E-state index in [9.17, 15) is 26.3 Å². The fraction of sp³-hybridized carbons (Fsp3) is 0.333. The first-order valence-corrected chi connectivity index (χ1v) is 6.77. The summed E-state index contributed by atoms with van der Waals surface area (Å²) in [6.07, 6.45) is -5.82. The van der Waals surface area contributed by atoms with E-state index in [1.165, 1.54) is 15.9 Å². The van der Waals surface area contributed by atoms with Crippen molar-refractivity contribution in [3.05, 3.63) is 26.6 Å². The summed E-state index contributed by atoms with van der Waals surface area (Å²) >= 11 is 7.00. The number of hydrogen-bond acceptors (Lipinski definition) is 1. The van der Waals surface area contributed by atoms with Crippen molar-refractivity contribution in [3.8, 4) is 0 Å². The van der Waals surface area contributed by atoms with E-state index in [1.54, 1.807) is 0 Å². The molecule has 1 aromatic rings. The number of nitrogen functional groups attached to an aromatic ring is 1. The van der Waals surface area contributed by atoms with Crippen molar-refractivity contribution >= 4 is 53.5 Å². The summed E-state index contributed by atoms with van der Waals surface area (Å²) in [5.74, 6) is 0. The molecule has 1 unspecified atom stereocenters. The molecule has 0 amide bonds. The number of alkyl halides is 7. The molecule has 1 aromatic carbocycles. The highest BCUT2D eigenvalue weighted by molar-refractivity contribution is 9.11. The molecular formula is C9H4Br3F6N. The first kappa shape index (κ1) is 17.1. The molecular weight excluding hydrogens is 476 g/mol. The molecule has 0 heterocycles. The molecule has 0 bridgehead atoms. The Balaban J connectivity index is 3.62. The van der Waals surface area contributed by atoms with Crippen LogP contribution in [-0.4, -0.2) is 11.0 Å². The minimum Gasteiger partial charge on any atom is -0.397 e. The lowest BCUT2D eigenvalue weighted by atomic mass is 9.95. The van der Waals surface area contributed by atoms with Gasteiger partial charge in [-0.3, -0.25) is 0 Å². The van der Waals surface area contributed by atoms with Gasteiger partial charge in [0.1, 0.15) is 0 Å². The van der Waals surface area contributed by atoms with E-state index in [0.29, 0.717) is 12.1 Å². The first-order chi connectivity index (χ1) is 8.32. The van der Waals surface area contributed by atoms with Gasteiger partial charge in [0.2, 0.25) is 0 Å². The second-order valence-electron chi connectivity index (χ2n) is 3.51. The quantitative estimate of drug-likeness (QED) is 0.338. The van der Waals surface area contributed by atoms with E-state index in [4.69, 9.17) is 5.73 Å². The summed E-state index contributed by atoms with van der Waals surface area (Å²) in [6, 6.07) is 1.12. The molecule has 10 heteroatoms. The number of benzene rings is 1. The Hall–Kier alpha value is 0.0400. The minimum atomic E-state index is -5.82. The fourth-order valence-corrected chi connectivity index (χ4v) is 2.91. The van der Waals surface area contributed by atoms with Gasteiger partial charge < -0.3 is 5.73 Å². The Kier molecular flexibility index (Phi) is 4.59. The van der Waals surface area contributed by atoms with Crippen molar-refractivity contribution in [2.24, 2.45) is 0 Å². The van der Waals surface area contributed by atoms with Crippen LogP contribution in [0.4, 0.5) is 32.0 Å². The average molecular weight is 480 g/mol. The van der Waals surface area contributed by atoms with E-state index in [0.717, 1.165) is 0 Å². The van der Waals surface area contributed by atoms with Crippen LogP contribution in [0.1, 0.15) is 5.56 Å². The molecule has 1 atom stereocenters. The molecule has 0 aliphatic rings. The number of rotatable bonds is 2. The van der Waals surface area contributed by atoms with Crippen LogP contribution < -0.4 is 5.73 Å². The predicted octanol–water partition coefficient (Wildman–Crippen LogP) is 5.51. The monoisotopic (exact) mass is 477 g/mol. The third kappa shape index (κ3) is 2.90. The van der Waals surface area contributed by atoms with E-state index in [-0.39, 0.29) is 14.6 Å². The first-order valence-electron chi connectivity index (χ1n) is 4.39. The zero-order valence-corrected chi connectivity index (χ0v) is 13.4. The van der Waals surface area contributed by atoms with Crippen molar-refractivity contribution in [1.82, 2.24) is 0 Å². The highest BCUT2D eigenvalue weighted by Gasteiger charge is 2.71. The molecule has 0 aliphatic carbocycles. The van der Waals surface area contributed by atoms with Crippen molar-refractivity contribution in [1.29, 1.82) is 0 Å². The molecule has 0 saturated carbocycles. The second kappa shape index (κ2) is 5.10. The minimum absolute atomic E-state index is 0.0360. The summed E-state index contributed by atoms with van der Waals surface area (Å²) < 4.78 is 78.0. The van der Waals surface area contributed by atoms with Gasteiger partial charge in [-0.15, -0.1) is 0 Å². The zero-order chi connectivity index (χ0) is 15.2. The Bertz CT molecular complexity index is 459. The number of nitrogens with two attached hydrogens (primary N) is 1. The van der Waals surface area contributed by atoms with Crippen LogP contribution in [0.3, 0.4) is 0 Å². The number of anilines is 1.